The first-order chi connectivity index (χ1) is 11.5. The highest BCUT2D eigenvalue weighted by Crippen LogP contribution is 2.25. The van der Waals surface area contributed by atoms with E-state index in [-0.39, 0.29) is 0 Å². The smallest absolute Gasteiger partial charge is 0.119 e. The van der Waals surface area contributed by atoms with Crippen molar-refractivity contribution in [3.05, 3.63) is 47.3 Å². The van der Waals surface area contributed by atoms with Crippen LogP contribution >= 0.6 is 0 Å². The minimum absolute atomic E-state index is 0.332. The molecule has 3 rings (SSSR count). The first-order valence-corrected chi connectivity index (χ1v) is 8.57. The average Bonchev–Trinajstić information content (AvgIpc) is 2.85. The van der Waals surface area contributed by atoms with Gasteiger partial charge < -0.3 is 9.84 Å². The normalized spacial score (nSPS) is 21.8. The molecule has 24 heavy (non-hydrogen) atoms. The Kier molecular flexibility index (Phi) is 4.92. The van der Waals surface area contributed by atoms with E-state index >= 15 is 0 Å². The molecule has 1 aromatic heterocycles. The summed E-state index contributed by atoms with van der Waals surface area (Å²) in [7, 11) is 1.96. The molecule has 1 unspecified atom stereocenters. The molecule has 0 amide bonds. The Hall–Kier alpha value is -1.85. The Balaban J connectivity index is 1.60. The van der Waals surface area contributed by atoms with Crippen LogP contribution in [-0.4, -0.2) is 45.1 Å². The second-order valence-corrected chi connectivity index (χ2v) is 7.02. The van der Waals surface area contributed by atoms with Crippen molar-refractivity contribution in [2.75, 3.05) is 19.7 Å². The summed E-state index contributed by atoms with van der Waals surface area (Å²) < 4.78 is 7.76. The number of β-amino-alcohol motifs (C(OH)–C–C–N with tert-alkyl or cyclic N) is 1. The monoisotopic (exact) mass is 329 g/mol. The molecule has 0 saturated carbocycles. The van der Waals surface area contributed by atoms with Crippen LogP contribution in [0.25, 0.3) is 0 Å². The summed E-state index contributed by atoms with van der Waals surface area (Å²) in [5.74, 6) is 0.823. The number of aliphatic hydroxyl groups is 1. The van der Waals surface area contributed by atoms with Crippen molar-refractivity contribution < 1.29 is 9.84 Å². The van der Waals surface area contributed by atoms with Crippen LogP contribution in [-0.2, 0) is 13.6 Å². The lowest BCUT2D eigenvalue weighted by atomic mass is 9.93. The van der Waals surface area contributed by atoms with Crippen molar-refractivity contribution >= 4 is 0 Å². The van der Waals surface area contributed by atoms with E-state index in [1.807, 2.05) is 49.1 Å². The van der Waals surface area contributed by atoms with E-state index in [2.05, 4.69) is 16.9 Å². The van der Waals surface area contributed by atoms with Gasteiger partial charge in [-0.15, -0.1) is 0 Å². The van der Waals surface area contributed by atoms with Gasteiger partial charge in [-0.3, -0.25) is 9.58 Å². The Bertz CT molecular complexity index is 698. The molecule has 1 N–H and O–H groups in total. The number of rotatable bonds is 5. The lowest BCUT2D eigenvalue weighted by Gasteiger charge is -2.38. The van der Waals surface area contributed by atoms with Gasteiger partial charge in [-0.05, 0) is 50.9 Å². The molecule has 1 aliphatic rings. The first-order valence-electron chi connectivity index (χ1n) is 8.57. The van der Waals surface area contributed by atoms with Crippen LogP contribution < -0.4 is 4.74 Å². The second kappa shape index (κ2) is 6.95. The predicted molar refractivity (Wildman–Crippen MR) is 94.1 cm³/mol. The Morgan fingerprint density at radius 2 is 2.17 bits per heavy atom. The number of ether oxygens (including phenoxy) is 1. The minimum atomic E-state index is -0.794. The van der Waals surface area contributed by atoms with Crippen molar-refractivity contribution in [3.63, 3.8) is 0 Å². The van der Waals surface area contributed by atoms with Gasteiger partial charge in [-0.25, -0.2) is 0 Å². The van der Waals surface area contributed by atoms with Crippen molar-refractivity contribution in [2.24, 2.45) is 7.05 Å². The Labute approximate surface area is 143 Å². The van der Waals surface area contributed by atoms with E-state index in [0.29, 0.717) is 13.2 Å². The molecule has 1 saturated heterocycles. The van der Waals surface area contributed by atoms with Crippen LogP contribution in [0.5, 0.6) is 5.75 Å². The summed E-state index contributed by atoms with van der Waals surface area (Å²) in [6, 6.07) is 7.96. The van der Waals surface area contributed by atoms with Gasteiger partial charge in [-0.2, -0.15) is 5.10 Å². The highest BCUT2D eigenvalue weighted by molar-refractivity contribution is 5.27. The molecule has 130 valence electrons. The van der Waals surface area contributed by atoms with Gasteiger partial charge in [0.05, 0.1) is 6.20 Å². The number of likely N-dealkylation sites (tertiary alicyclic amines) is 1. The third kappa shape index (κ3) is 3.97. The number of hydrogen-bond donors (Lipinski definition) is 1. The first kappa shape index (κ1) is 17.0. The summed E-state index contributed by atoms with van der Waals surface area (Å²) in [6.45, 7) is 6.92. The van der Waals surface area contributed by atoms with Gasteiger partial charge in [0.25, 0.3) is 0 Å². The zero-order valence-electron chi connectivity index (χ0n) is 14.8. The molecular weight excluding hydrogens is 302 g/mol. The molecule has 1 fully saturated rings. The molecule has 1 aromatic carbocycles. The maximum atomic E-state index is 10.9. The van der Waals surface area contributed by atoms with Crippen molar-refractivity contribution in [1.29, 1.82) is 0 Å². The van der Waals surface area contributed by atoms with E-state index in [4.69, 9.17) is 4.74 Å². The zero-order chi connectivity index (χ0) is 17.2. The number of aryl methyl sites for hydroxylation is 2. The third-order valence-corrected chi connectivity index (χ3v) is 4.86. The number of hydrogen-bond acceptors (Lipinski definition) is 4. The van der Waals surface area contributed by atoms with Crippen LogP contribution in [0.1, 0.15) is 29.7 Å². The zero-order valence-corrected chi connectivity index (χ0v) is 14.8. The number of benzene rings is 1. The number of aromatic nitrogens is 2. The largest absolute Gasteiger partial charge is 0.491 e. The molecule has 0 aliphatic carbocycles. The van der Waals surface area contributed by atoms with Crippen molar-refractivity contribution in [3.8, 4) is 5.75 Å². The quantitative estimate of drug-likeness (QED) is 0.915. The van der Waals surface area contributed by atoms with Crippen LogP contribution in [0, 0.1) is 13.8 Å². The highest BCUT2D eigenvalue weighted by Gasteiger charge is 2.34. The van der Waals surface area contributed by atoms with Crippen LogP contribution in [0.2, 0.25) is 0 Å². The van der Waals surface area contributed by atoms with Gasteiger partial charge in [0.2, 0.25) is 0 Å². The average molecular weight is 329 g/mol. The maximum Gasteiger partial charge on any atom is 0.119 e. The summed E-state index contributed by atoms with van der Waals surface area (Å²) in [4.78, 5) is 2.30. The molecule has 2 heterocycles. The van der Waals surface area contributed by atoms with Gasteiger partial charge in [0.15, 0.2) is 0 Å². The molecule has 5 nitrogen and oxygen atoms in total. The second-order valence-electron chi connectivity index (χ2n) is 7.02. The Morgan fingerprint density at radius 1 is 1.33 bits per heavy atom. The fraction of sp³-hybridized carbons (Fsp3) is 0.526. The minimum Gasteiger partial charge on any atom is -0.491 e. The van der Waals surface area contributed by atoms with Crippen molar-refractivity contribution in [1.82, 2.24) is 14.7 Å². The standard InChI is InChI=1S/C19H27N3O2/c1-15-6-4-7-18(10-15)24-14-19(23)8-5-9-22(13-19)12-17-11-20-21(3)16(17)2/h4,6-7,10-11,23H,5,8-9,12-14H2,1-3H3. The molecule has 1 aliphatic heterocycles. The molecular formula is C19H27N3O2. The topological polar surface area (TPSA) is 50.5 Å². The SMILES string of the molecule is Cc1cccc(OCC2(O)CCCN(Cc3cnn(C)c3C)C2)c1. The van der Waals surface area contributed by atoms with E-state index in [0.717, 1.165) is 37.2 Å². The van der Waals surface area contributed by atoms with Gasteiger partial charge >= 0.3 is 0 Å². The van der Waals surface area contributed by atoms with E-state index < -0.39 is 5.60 Å². The number of piperidine rings is 1. The summed E-state index contributed by atoms with van der Waals surface area (Å²) in [5.41, 5.74) is 2.77. The van der Waals surface area contributed by atoms with Gasteiger partial charge in [-0.1, -0.05) is 12.1 Å². The van der Waals surface area contributed by atoms with E-state index in [9.17, 15) is 5.11 Å². The van der Waals surface area contributed by atoms with Gasteiger partial charge in [0.1, 0.15) is 18.0 Å². The molecule has 2 aromatic rings. The number of nitrogens with zero attached hydrogens (tertiary/aromatic N) is 3. The fourth-order valence-electron chi connectivity index (χ4n) is 3.32. The molecule has 5 heteroatoms. The predicted octanol–water partition coefficient (Wildman–Crippen LogP) is 2.44. The van der Waals surface area contributed by atoms with Gasteiger partial charge in [0, 0.05) is 31.4 Å². The van der Waals surface area contributed by atoms with Crippen molar-refractivity contribution in [2.45, 2.75) is 38.8 Å². The van der Waals surface area contributed by atoms with E-state index in [1.54, 1.807) is 0 Å². The molecule has 0 spiro atoms. The third-order valence-electron chi connectivity index (χ3n) is 4.86. The molecule has 1 atom stereocenters. The lowest BCUT2D eigenvalue weighted by molar-refractivity contribution is -0.0621. The summed E-state index contributed by atoms with van der Waals surface area (Å²) in [5, 5.41) is 15.2. The van der Waals surface area contributed by atoms with Crippen LogP contribution in [0.15, 0.2) is 30.5 Å². The van der Waals surface area contributed by atoms with E-state index in [1.165, 1.54) is 11.3 Å². The fourth-order valence-corrected chi connectivity index (χ4v) is 3.32. The maximum absolute atomic E-state index is 10.9. The molecule has 0 radical (unpaired) electrons. The van der Waals surface area contributed by atoms with Crippen LogP contribution in [0.3, 0.4) is 0 Å². The Morgan fingerprint density at radius 3 is 2.88 bits per heavy atom. The highest BCUT2D eigenvalue weighted by atomic mass is 16.5. The molecule has 0 bridgehead atoms. The summed E-state index contributed by atoms with van der Waals surface area (Å²) >= 11 is 0. The van der Waals surface area contributed by atoms with Crippen LogP contribution in [0.4, 0.5) is 0 Å². The lowest BCUT2D eigenvalue weighted by Crippen LogP contribution is -2.51. The summed E-state index contributed by atoms with van der Waals surface area (Å²) in [6.07, 6.45) is 3.68.